The second-order valence-corrected chi connectivity index (χ2v) is 6.76. The van der Waals surface area contributed by atoms with Gasteiger partial charge in [0.1, 0.15) is 0 Å². The van der Waals surface area contributed by atoms with Gasteiger partial charge in [-0.25, -0.2) is 13.1 Å². The van der Waals surface area contributed by atoms with Crippen LogP contribution in [0.3, 0.4) is 0 Å². The van der Waals surface area contributed by atoms with Crippen LogP contribution < -0.4 is 4.72 Å². The summed E-state index contributed by atoms with van der Waals surface area (Å²) in [6.07, 6.45) is 1.74. The van der Waals surface area contributed by atoms with Crippen molar-refractivity contribution in [2.45, 2.75) is 24.7 Å². The van der Waals surface area contributed by atoms with E-state index in [0.717, 1.165) is 19.4 Å². The number of hydrogen-bond acceptors (Lipinski definition) is 4. The van der Waals surface area contributed by atoms with E-state index in [1.807, 2.05) is 20.2 Å². The van der Waals surface area contributed by atoms with Crippen molar-refractivity contribution in [1.29, 1.82) is 5.26 Å². The molecule has 6 heteroatoms. The van der Waals surface area contributed by atoms with Gasteiger partial charge in [-0.2, -0.15) is 5.26 Å². The molecule has 0 amide bonds. The maximum Gasteiger partial charge on any atom is 0.240 e. The van der Waals surface area contributed by atoms with E-state index in [2.05, 4.69) is 9.62 Å². The molecule has 0 unspecified atom stereocenters. The second kappa shape index (κ2) is 7.39. The Bertz CT molecular complexity index is 589. The van der Waals surface area contributed by atoms with E-state index < -0.39 is 10.0 Å². The van der Waals surface area contributed by atoms with Gasteiger partial charge in [-0.05, 0) is 64.2 Å². The van der Waals surface area contributed by atoms with Gasteiger partial charge in [0.05, 0.1) is 16.5 Å². The van der Waals surface area contributed by atoms with Crippen molar-refractivity contribution in [3.63, 3.8) is 0 Å². The zero-order chi connectivity index (χ0) is 15.2. The molecular formula is C14H21N3O2S. The fraction of sp³-hybridized carbons (Fsp3) is 0.500. The standard InChI is InChI=1S/C14H21N3O2S/c1-12-10-14(7-6-13(12)11-15)20(18,19)16-8-4-5-9-17(2)3/h6-7,10,16H,4-5,8-9H2,1-3H3. The first-order valence-electron chi connectivity index (χ1n) is 6.52. The number of nitriles is 1. The number of aryl methyl sites for hydroxylation is 1. The molecular weight excluding hydrogens is 274 g/mol. The van der Waals surface area contributed by atoms with Gasteiger partial charge < -0.3 is 4.90 Å². The van der Waals surface area contributed by atoms with E-state index in [1.54, 1.807) is 6.92 Å². The van der Waals surface area contributed by atoms with Gasteiger partial charge in [0, 0.05) is 6.54 Å². The average Bonchev–Trinajstić information content (AvgIpc) is 2.37. The summed E-state index contributed by atoms with van der Waals surface area (Å²) in [6, 6.07) is 6.56. The van der Waals surface area contributed by atoms with Crippen LogP contribution in [-0.4, -0.2) is 40.5 Å². The summed E-state index contributed by atoms with van der Waals surface area (Å²) < 4.78 is 26.7. The van der Waals surface area contributed by atoms with Gasteiger partial charge in [-0.15, -0.1) is 0 Å². The summed E-state index contributed by atoms with van der Waals surface area (Å²) in [5.41, 5.74) is 1.16. The first-order chi connectivity index (χ1) is 9.36. The van der Waals surface area contributed by atoms with Crippen molar-refractivity contribution in [2.75, 3.05) is 27.2 Å². The molecule has 0 saturated carbocycles. The van der Waals surface area contributed by atoms with Crippen LogP contribution in [-0.2, 0) is 10.0 Å². The van der Waals surface area contributed by atoms with Gasteiger partial charge in [-0.1, -0.05) is 0 Å². The highest BCUT2D eigenvalue weighted by Crippen LogP contribution is 2.14. The Balaban J connectivity index is 2.61. The third-order valence-corrected chi connectivity index (χ3v) is 4.41. The van der Waals surface area contributed by atoms with Gasteiger partial charge in [-0.3, -0.25) is 0 Å². The highest BCUT2D eigenvalue weighted by atomic mass is 32.2. The zero-order valence-corrected chi connectivity index (χ0v) is 13.0. The van der Waals surface area contributed by atoms with E-state index in [1.165, 1.54) is 18.2 Å². The quantitative estimate of drug-likeness (QED) is 0.773. The summed E-state index contributed by atoms with van der Waals surface area (Å²) >= 11 is 0. The molecule has 0 radical (unpaired) electrons. The van der Waals surface area contributed by atoms with E-state index in [9.17, 15) is 8.42 Å². The van der Waals surface area contributed by atoms with E-state index in [0.29, 0.717) is 17.7 Å². The van der Waals surface area contributed by atoms with Crippen LogP contribution >= 0.6 is 0 Å². The smallest absolute Gasteiger partial charge is 0.240 e. The number of benzene rings is 1. The highest BCUT2D eigenvalue weighted by Gasteiger charge is 2.14. The Kier molecular flexibility index (Phi) is 6.14. The molecule has 1 N–H and O–H groups in total. The van der Waals surface area contributed by atoms with Crippen LogP contribution in [0.4, 0.5) is 0 Å². The Hall–Kier alpha value is -1.42. The van der Waals surface area contributed by atoms with Crippen LogP contribution in [0, 0.1) is 18.3 Å². The number of rotatable bonds is 7. The summed E-state index contributed by atoms with van der Waals surface area (Å²) in [5.74, 6) is 0. The van der Waals surface area contributed by atoms with Crippen molar-refractivity contribution >= 4 is 10.0 Å². The Morgan fingerprint density at radius 1 is 1.30 bits per heavy atom. The second-order valence-electron chi connectivity index (χ2n) is 5.00. The van der Waals surface area contributed by atoms with Crippen molar-refractivity contribution in [1.82, 2.24) is 9.62 Å². The lowest BCUT2D eigenvalue weighted by molar-refractivity contribution is 0.394. The lowest BCUT2D eigenvalue weighted by Crippen LogP contribution is -2.25. The predicted octanol–water partition coefficient (Wildman–Crippen LogP) is 1.49. The molecule has 0 atom stereocenters. The Morgan fingerprint density at radius 3 is 2.55 bits per heavy atom. The third-order valence-electron chi connectivity index (χ3n) is 2.95. The molecule has 0 saturated heterocycles. The number of nitrogens with zero attached hydrogens (tertiary/aromatic N) is 2. The minimum Gasteiger partial charge on any atom is -0.309 e. The van der Waals surface area contributed by atoms with E-state index in [4.69, 9.17) is 5.26 Å². The molecule has 110 valence electrons. The minimum atomic E-state index is -3.48. The molecule has 0 aliphatic heterocycles. The lowest BCUT2D eigenvalue weighted by atomic mass is 10.1. The van der Waals surface area contributed by atoms with Crippen LogP contribution in [0.15, 0.2) is 23.1 Å². The zero-order valence-electron chi connectivity index (χ0n) is 12.2. The molecule has 5 nitrogen and oxygen atoms in total. The summed E-state index contributed by atoms with van der Waals surface area (Å²) in [4.78, 5) is 2.28. The maximum atomic E-state index is 12.1. The average molecular weight is 295 g/mol. The van der Waals surface area contributed by atoms with Crippen molar-refractivity contribution < 1.29 is 8.42 Å². The number of sulfonamides is 1. The molecule has 0 spiro atoms. The summed E-state index contributed by atoms with van der Waals surface area (Å²) in [5, 5.41) is 8.84. The number of nitrogens with one attached hydrogen (secondary N) is 1. The van der Waals surface area contributed by atoms with Crippen molar-refractivity contribution in [3.05, 3.63) is 29.3 Å². The highest BCUT2D eigenvalue weighted by molar-refractivity contribution is 7.89. The van der Waals surface area contributed by atoms with Gasteiger partial charge >= 0.3 is 0 Å². The molecule has 1 rings (SSSR count). The molecule has 0 fully saturated rings. The van der Waals surface area contributed by atoms with Crippen LogP contribution in [0.1, 0.15) is 24.0 Å². The minimum absolute atomic E-state index is 0.210. The van der Waals surface area contributed by atoms with Crippen LogP contribution in [0.5, 0.6) is 0 Å². The maximum absolute atomic E-state index is 12.1. The van der Waals surface area contributed by atoms with Crippen LogP contribution in [0.25, 0.3) is 0 Å². The normalized spacial score (nSPS) is 11.6. The Morgan fingerprint density at radius 2 is 2.00 bits per heavy atom. The molecule has 0 bridgehead atoms. The SMILES string of the molecule is Cc1cc(S(=O)(=O)NCCCCN(C)C)ccc1C#N. The van der Waals surface area contributed by atoms with Gasteiger partial charge in [0.15, 0.2) is 0 Å². The first kappa shape index (κ1) is 16.6. The lowest BCUT2D eigenvalue weighted by Gasteiger charge is -2.10. The van der Waals surface area contributed by atoms with Gasteiger partial charge in [0.2, 0.25) is 10.0 Å². The number of hydrogen-bond donors (Lipinski definition) is 1. The molecule has 1 aromatic carbocycles. The fourth-order valence-electron chi connectivity index (χ4n) is 1.77. The Labute approximate surface area is 121 Å². The molecule has 1 aromatic rings. The molecule has 0 aromatic heterocycles. The monoisotopic (exact) mass is 295 g/mol. The molecule has 20 heavy (non-hydrogen) atoms. The van der Waals surface area contributed by atoms with E-state index in [-0.39, 0.29) is 4.90 Å². The first-order valence-corrected chi connectivity index (χ1v) is 8.00. The van der Waals surface area contributed by atoms with Crippen molar-refractivity contribution in [2.24, 2.45) is 0 Å². The largest absolute Gasteiger partial charge is 0.309 e. The molecule has 0 aliphatic carbocycles. The topological polar surface area (TPSA) is 73.2 Å². The molecule has 0 heterocycles. The third kappa shape index (κ3) is 4.93. The fourth-order valence-corrected chi connectivity index (χ4v) is 2.93. The summed E-state index contributed by atoms with van der Waals surface area (Å²) in [6.45, 7) is 3.10. The van der Waals surface area contributed by atoms with Crippen molar-refractivity contribution in [3.8, 4) is 6.07 Å². The van der Waals surface area contributed by atoms with E-state index >= 15 is 0 Å². The predicted molar refractivity (Wildman–Crippen MR) is 78.9 cm³/mol. The number of unbranched alkanes of at least 4 members (excludes halogenated alkanes) is 1. The van der Waals surface area contributed by atoms with Crippen LogP contribution in [0.2, 0.25) is 0 Å². The molecule has 0 aliphatic rings. The van der Waals surface area contributed by atoms with Gasteiger partial charge in [0.25, 0.3) is 0 Å². The summed E-state index contributed by atoms with van der Waals surface area (Å²) in [7, 11) is 0.498.